The number of sulfonamides is 1. The standard InChI is InChI=1S/C17H21N5O4S.ClH/c18-17(6-1-2-7-17)16-20-15(26-21-16)12-4-3-5-13(10-12)27(24,25)22-9-8-19-14(23)11-22;/h3-5,10H,1-2,6-9,11,18H2,(H,19,23);1H. The Bertz CT molecular complexity index is 971. The molecule has 28 heavy (non-hydrogen) atoms. The smallest absolute Gasteiger partial charge is 0.258 e. The second kappa shape index (κ2) is 7.78. The average molecular weight is 428 g/mol. The van der Waals surface area contributed by atoms with Crippen molar-refractivity contribution in [3.63, 3.8) is 0 Å². The molecule has 152 valence electrons. The fourth-order valence-electron chi connectivity index (χ4n) is 3.53. The topological polar surface area (TPSA) is 131 Å². The van der Waals surface area contributed by atoms with E-state index in [4.69, 9.17) is 10.3 Å². The van der Waals surface area contributed by atoms with Gasteiger partial charge in [-0.15, -0.1) is 12.4 Å². The molecule has 1 amide bonds. The van der Waals surface area contributed by atoms with Gasteiger partial charge in [0.25, 0.3) is 5.89 Å². The van der Waals surface area contributed by atoms with Crippen LogP contribution in [0.25, 0.3) is 11.5 Å². The second-order valence-corrected chi connectivity index (χ2v) is 8.94. The number of hydrogen-bond acceptors (Lipinski definition) is 7. The molecule has 2 heterocycles. The van der Waals surface area contributed by atoms with Gasteiger partial charge in [-0.25, -0.2) is 8.42 Å². The number of nitrogens with zero attached hydrogens (tertiary/aromatic N) is 3. The summed E-state index contributed by atoms with van der Waals surface area (Å²) in [6.07, 6.45) is 3.66. The van der Waals surface area contributed by atoms with Crippen molar-refractivity contribution in [1.29, 1.82) is 0 Å². The van der Waals surface area contributed by atoms with Crippen LogP contribution in [-0.2, 0) is 20.4 Å². The van der Waals surface area contributed by atoms with Crippen molar-refractivity contribution in [3.8, 4) is 11.5 Å². The maximum atomic E-state index is 12.8. The van der Waals surface area contributed by atoms with Gasteiger partial charge in [-0.2, -0.15) is 9.29 Å². The molecule has 1 saturated heterocycles. The first-order valence-corrected chi connectivity index (χ1v) is 10.3. The molecule has 11 heteroatoms. The molecule has 0 unspecified atom stereocenters. The number of aromatic nitrogens is 2. The number of piperazine rings is 1. The van der Waals surface area contributed by atoms with Crippen molar-refractivity contribution in [2.45, 2.75) is 36.1 Å². The summed E-state index contributed by atoms with van der Waals surface area (Å²) in [7, 11) is -3.79. The number of halogens is 1. The normalized spacial score (nSPS) is 19.8. The van der Waals surface area contributed by atoms with Crippen LogP contribution in [0.5, 0.6) is 0 Å². The summed E-state index contributed by atoms with van der Waals surface area (Å²) in [6, 6.07) is 6.29. The van der Waals surface area contributed by atoms with Crippen molar-refractivity contribution < 1.29 is 17.7 Å². The molecule has 0 spiro atoms. The minimum atomic E-state index is -3.79. The van der Waals surface area contributed by atoms with Crippen molar-refractivity contribution in [1.82, 2.24) is 19.8 Å². The van der Waals surface area contributed by atoms with E-state index in [0.717, 1.165) is 30.0 Å². The Hall–Kier alpha value is -2.01. The molecule has 2 aromatic rings. The van der Waals surface area contributed by atoms with E-state index in [-0.39, 0.29) is 42.2 Å². The first-order valence-electron chi connectivity index (χ1n) is 8.89. The molecule has 1 aromatic carbocycles. The van der Waals surface area contributed by atoms with Crippen LogP contribution in [0.1, 0.15) is 31.5 Å². The summed E-state index contributed by atoms with van der Waals surface area (Å²) in [5, 5.41) is 6.63. The van der Waals surface area contributed by atoms with Gasteiger partial charge in [0.2, 0.25) is 15.9 Å². The molecule has 1 aliphatic carbocycles. The molecule has 1 aliphatic heterocycles. The maximum Gasteiger partial charge on any atom is 0.258 e. The molecule has 1 saturated carbocycles. The van der Waals surface area contributed by atoms with Crippen molar-refractivity contribution in [3.05, 3.63) is 30.1 Å². The van der Waals surface area contributed by atoms with E-state index < -0.39 is 15.6 Å². The zero-order valence-electron chi connectivity index (χ0n) is 15.1. The Morgan fingerprint density at radius 1 is 1.25 bits per heavy atom. The van der Waals surface area contributed by atoms with Gasteiger partial charge in [0.15, 0.2) is 5.82 Å². The highest BCUT2D eigenvalue weighted by Gasteiger charge is 2.36. The van der Waals surface area contributed by atoms with Crippen LogP contribution in [-0.4, -0.2) is 48.4 Å². The van der Waals surface area contributed by atoms with Crippen LogP contribution >= 0.6 is 12.4 Å². The van der Waals surface area contributed by atoms with Gasteiger partial charge in [0.05, 0.1) is 17.0 Å². The summed E-state index contributed by atoms with van der Waals surface area (Å²) in [5.74, 6) is 0.374. The summed E-state index contributed by atoms with van der Waals surface area (Å²) < 4.78 is 32.2. The molecule has 9 nitrogen and oxygen atoms in total. The predicted molar refractivity (Wildman–Crippen MR) is 103 cm³/mol. The molecule has 3 N–H and O–H groups in total. The second-order valence-electron chi connectivity index (χ2n) is 7.00. The number of benzene rings is 1. The van der Waals surface area contributed by atoms with Crippen molar-refractivity contribution in [2.24, 2.45) is 5.73 Å². The third-order valence-corrected chi connectivity index (χ3v) is 6.93. The number of carbonyl (C=O) groups excluding carboxylic acids is 1. The Labute approximate surface area is 169 Å². The van der Waals surface area contributed by atoms with Gasteiger partial charge >= 0.3 is 0 Å². The highest BCUT2D eigenvalue weighted by atomic mass is 35.5. The molecule has 4 rings (SSSR count). The lowest BCUT2D eigenvalue weighted by Gasteiger charge is -2.25. The lowest BCUT2D eigenvalue weighted by Crippen LogP contribution is -2.49. The molecule has 2 fully saturated rings. The van der Waals surface area contributed by atoms with Gasteiger partial charge in [-0.05, 0) is 31.0 Å². The zero-order valence-corrected chi connectivity index (χ0v) is 16.8. The zero-order chi connectivity index (χ0) is 19.1. The summed E-state index contributed by atoms with van der Waals surface area (Å²) in [5.41, 5.74) is 6.28. The molecular formula is C17H22ClN5O4S. The lowest BCUT2D eigenvalue weighted by atomic mass is 9.99. The molecular weight excluding hydrogens is 406 g/mol. The van der Waals surface area contributed by atoms with Crippen LogP contribution in [0.4, 0.5) is 0 Å². The molecule has 2 aliphatic rings. The van der Waals surface area contributed by atoms with E-state index in [1.807, 2.05) is 0 Å². The Kier molecular flexibility index (Phi) is 5.76. The van der Waals surface area contributed by atoms with E-state index in [1.54, 1.807) is 12.1 Å². The fraction of sp³-hybridized carbons (Fsp3) is 0.471. The minimum Gasteiger partial charge on any atom is -0.354 e. The minimum absolute atomic E-state index is 0. The van der Waals surface area contributed by atoms with Gasteiger partial charge in [0.1, 0.15) is 0 Å². The first-order chi connectivity index (χ1) is 12.9. The van der Waals surface area contributed by atoms with Gasteiger partial charge in [0, 0.05) is 18.7 Å². The number of nitrogens with two attached hydrogens (primary N) is 1. The number of amides is 1. The number of rotatable bonds is 4. The van der Waals surface area contributed by atoms with Gasteiger partial charge in [-0.1, -0.05) is 24.1 Å². The van der Waals surface area contributed by atoms with Crippen molar-refractivity contribution in [2.75, 3.05) is 19.6 Å². The van der Waals surface area contributed by atoms with E-state index in [9.17, 15) is 13.2 Å². The molecule has 1 aromatic heterocycles. The highest BCUT2D eigenvalue weighted by molar-refractivity contribution is 7.89. The quantitative estimate of drug-likeness (QED) is 0.744. The monoisotopic (exact) mass is 427 g/mol. The van der Waals surface area contributed by atoms with Crippen LogP contribution < -0.4 is 11.1 Å². The average Bonchev–Trinajstić information content (AvgIpc) is 3.32. The number of carbonyl (C=O) groups is 1. The van der Waals surface area contributed by atoms with E-state index >= 15 is 0 Å². The summed E-state index contributed by atoms with van der Waals surface area (Å²) in [4.78, 5) is 16.0. The van der Waals surface area contributed by atoms with Gasteiger partial charge < -0.3 is 15.6 Å². The third-order valence-electron chi connectivity index (χ3n) is 5.09. The molecule has 0 atom stereocenters. The SMILES string of the molecule is Cl.NC1(c2noc(-c3cccc(S(=O)(=O)N4CCNC(=O)C4)c3)n2)CCCC1. The first kappa shape index (κ1) is 20.7. The number of nitrogens with one attached hydrogen (secondary N) is 1. The van der Waals surface area contributed by atoms with Crippen LogP contribution in [0.2, 0.25) is 0 Å². The predicted octanol–water partition coefficient (Wildman–Crippen LogP) is 1.01. The Morgan fingerprint density at radius 2 is 2.00 bits per heavy atom. The van der Waals surface area contributed by atoms with Crippen LogP contribution in [0, 0.1) is 0 Å². The van der Waals surface area contributed by atoms with E-state index in [0.29, 0.717) is 17.9 Å². The van der Waals surface area contributed by atoms with Crippen LogP contribution in [0.3, 0.4) is 0 Å². The maximum absolute atomic E-state index is 12.8. The fourth-order valence-corrected chi connectivity index (χ4v) is 4.97. The van der Waals surface area contributed by atoms with E-state index in [2.05, 4.69) is 15.5 Å². The molecule has 0 bridgehead atoms. The summed E-state index contributed by atoms with van der Waals surface area (Å²) in [6.45, 7) is 0.342. The van der Waals surface area contributed by atoms with Gasteiger partial charge in [-0.3, -0.25) is 4.79 Å². The van der Waals surface area contributed by atoms with Crippen LogP contribution in [0.15, 0.2) is 33.7 Å². The highest BCUT2D eigenvalue weighted by Crippen LogP contribution is 2.35. The molecule has 0 radical (unpaired) electrons. The number of hydrogen-bond donors (Lipinski definition) is 2. The Morgan fingerprint density at radius 3 is 2.71 bits per heavy atom. The largest absolute Gasteiger partial charge is 0.354 e. The third kappa shape index (κ3) is 3.77. The lowest BCUT2D eigenvalue weighted by molar-refractivity contribution is -0.122. The van der Waals surface area contributed by atoms with E-state index in [1.165, 1.54) is 12.1 Å². The summed E-state index contributed by atoms with van der Waals surface area (Å²) >= 11 is 0. The van der Waals surface area contributed by atoms with Crippen molar-refractivity contribution >= 4 is 28.3 Å². The Balaban J connectivity index is 0.00000225.